The molecule has 0 radical (unpaired) electrons. The number of carbonyl (C=O) groups is 1. The smallest absolute Gasteiger partial charge is 0.239 e. The summed E-state index contributed by atoms with van der Waals surface area (Å²) in [5, 5.41) is 2.97. The summed E-state index contributed by atoms with van der Waals surface area (Å²) in [6, 6.07) is 0. The van der Waals surface area contributed by atoms with Gasteiger partial charge < -0.3 is 15.2 Å². The molecule has 13 heavy (non-hydrogen) atoms. The van der Waals surface area contributed by atoms with Gasteiger partial charge in [-0.25, -0.2) is 0 Å². The van der Waals surface area contributed by atoms with Crippen molar-refractivity contribution in [2.45, 2.75) is 12.5 Å². The highest BCUT2D eigenvalue weighted by molar-refractivity contribution is 5.84. The number of rotatable bonds is 7. The SMILES string of the molecule is COCCNC(C)(COC)C(N)=O. The standard InChI is InChI=1S/C8H18N2O3/c1-8(6-13-3,7(9)11)10-4-5-12-2/h10H,4-6H2,1-3H3,(H2,9,11). The van der Waals surface area contributed by atoms with Crippen LogP contribution in [0.25, 0.3) is 0 Å². The Morgan fingerprint density at radius 3 is 2.46 bits per heavy atom. The Kier molecular flexibility index (Phi) is 5.61. The molecule has 0 rings (SSSR count). The van der Waals surface area contributed by atoms with Gasteiger partial charge in [-0.2, -0.15) is 0 Å². The molecule has 0 aromatic rings. The molecule has 0 saturated heterocycles. The first kappa shape index (κ1) is 12.3. The fourth-order valence-electron chi connectivity index (χ4n) is 0.927. The maximum absolute atomic E-state index is 11.0. The molecule has 0 aliphatic heterocycles. The Balaban J connectivity index is 4.00. The predicted molar refractivity (Wildman–Crippen MR) is 49.4 cm³/mol. The van der Waals surface area contributed by atoms with Crippen molar-refractivity contribution in [1.82, 2.24) is 5.32 Å². The van der Waals surface area contributed by atoms with Crippen molar-refractivity contribution >= 4 is 5.91 Å². The van der Waals surface area contributed by atoms with Crippen molar-refractivity contribution in [1.29, 1.82) is 0 Å². The summed E-state index contributed by atoms with van der Waals surface area (Å²) < 4.78 is 9.73. The molecule has 0 aliphatic rings. The summed E-state index contributed by atoms with van der Waals surface area (Å²) in [7, 11) is 3.12. The summed E-state index contributed by atoms with van der Waals surface area (Å²) in [5.41, 5.74) is 4.40. The van der Waals surface area contributed by atoms with E-state index >= 15 is 0 Å². The van der Waals surface area contributed by atoms with Crippen LogP contribution in [0.4, 0.5) is 0 Å². The third-order valence-corrected chi connectivity index (χ3v) is 1.80. The molecule has 1 unspecified atom stereocenters. The van der Waals surface area contributed by atoms with E-state index in [-0.39, 0.29) is 6.61 Å². The van der Waals surface area contributed by atoms with Crippen LogP contribution in [0.5, 0.6) is 0 Å². The molecule has 0 spiro atoms. The summed E-state index contributed by atoms with van der Waals surface area (Å²) in [6.07, 6.45) is 0. The molecule has 5 nitrogen and oxygen atoms in total. The van der Waals surface area contributed by atoms with Gasteiger partial charge in [0, 0.05) is 20.8 Å². The quantitative estimate of drug-likeness (QED) is 0.511. The van der Waals surface area contributed by atoms with Crippen LogP contribution < -0.4 is 11.1 Å². The van der Waals surface area contributed by atoms with Crippen molar-refractivity contribution < 1.29 is 14.3 Å². The molecule has 0 bridgehead atoms. The minimum atomic E-state index is -0.812. The first-order valence-corrected chi connectivity index (χ1v) is 4.09. The van der Waals surface area contributed by atoms with E-state index in [0.717, 1.165) is 0 Å². The van der Waals surface area contributed by atoms with Crippen LogP contribution in [-0.2, 0) is 14.3 Å². The van der Waals surface area contributed by atoms with Gasteiger partial charge in [-0.3, -0.25) is 10.1 Å². The number of methoxy groups -OCH3 is 2. The molecule has 0 heterocycles. The number of hydrogen-bond donors (Lipinski definition) is 2. The molecule has 1 amide bonds. The van der Waals surface area contributed by atoms with Crippen LogP contribution in [0.1, 0.15) is 6.92 Å². The molecule has 3 N–H and O–H groups in total. The number of ether oxygens (including phenoxy) is 2. The zero-order chi connectivity index (χ0) is 10.3. The second-order valence-electron chi connectivity index (χ2n) is 3.05. The molecule has 0 saturated carbocycles. The van der Waals surface area contributed by atoms with Crippen molar-refractivity contribution in [2.24, 2.45) is 5.73 Å². The van der Waals surface area contributed by atoms with Gasteiger partial charge >= 0.3 is 0 Å². The lowest BCUT2D eigenvalue weighted by molar-refractivity contribution is -0.125. The summed E-state index contributed by atoms with van der Waals surface area (Å²) in [6.45, 7) is 3.06. The first-order chi connectivity index (χ1) is 6.06. The Hall–Kier alpha value is -0.650. The highest BCUT2D eigenvalue weighted by atomic mass is 16.5. The second kappa shape index (κ2) is 5.90. The van der Waals surface area contributed by atoms with Crippen molar-refractivity contribution in [3.8, 4) is 0 Å². The molecule has 0 aromatic heterocycles. The Morgan fingerprint density at radius 1 is 1.46 bits per heavy atom. The van der Waals surface area contributed by atoms with Gasteiger partial charge in [-0.15, -0.1) is 0 Å². The molecular weight excluding hydrogens is 172 g/mol. The molecule has 0 aromatic carbocycles. The molecule has 0 fully saturated rings. The molecular formula is C8H18N2O3. The number of amides is 1. The molecule has 1 atom stereocenters. The molecule has 0 aliphatic carbocycles. The number of nitrogens with one attached hydrogen (secondary N) is 1. The maximum atomic E-state index is 11.0. The summed E-state index contributed by atoms with van der Waals surface area (Å²) in [4.78, 5) is 11.0. The fourth-order valence-corrected chi connectivity index (χ4v) is 0.927. The van der Waals surface area contributed by atoms with E-state index in [4.69, 9.17) is 15.2 Å². The lowest BCUT2D eigenvalue weighted by Crippen LogP contribution is -2.56. The monoisotopic (exact) mass is 190 g/mol. The topological polar surface area (TPSA) is 73.6 Å². The number of hydrogen-bond acceptors (Lipinski definition) is 4. The first-order valence-electron chi connectivity index (χ1n) is 4.09. The zero-order valence-electron chi connectivity index (χ0n) is 8.42. The van der Waals surface area contributed by atoms with Gasteiger partial charge in [0.2, 0.25) is 5.91 Å². The van der Waals surface area contributed by atoms with Gasteiger partial charge in [0.1, 0.15) is 5.54 Å². The minimum absolute atomic E-state index is 0.256. The van der Waals surface area contributed by atoms with Gasteiger partial charge in [0.05, 0.1) is 13.2 Å². The van der Waals surface area contributed by atoms with E-state index in [2.05, 4.69) is 5.32 Å². The van der Waals surface area contributed by atoms with E-state index in [9.17, 15) is 4.79 Å². The van der Waals surface area contributed by atoms with Crippen LogP contribution >= 0.6 is 0 Å². The maximum Gasteiger partial charge on any atom is 0.239 e. The van der Waals surface area contributed by atoms with Gasteiger partial charge in [0.25, 0.3) is 0 Å². The average Bonchev–Trinajstić information content (AvgIpc) is 2.05. The van der Waals surface area contributed by atoms with Crippen LogP contribution in [0, 0.1) is 0 Å². The van der Waals surface area contributed by atoms with Crippen LogP contribution in [-0.4, -0.2) is 45.4 Å². The summed E-state index contributed by atoms with van der Waals surface area (Å²) >= 11 is 0. The Labute approximate surface area is 78.6 Å². The van der Waals surface area contributed by atoms with Gasteiger partial charge in [-0.1, -0.05) is 0 Å². The second-order valence-corrected chi connectivity index (χ2v) is 3.05. The largest absolute Gasteiger partial charge is 0.383 e. The third kappa shape index (κ3) is 4.21. The van der Waals surface area contributed by atoms with E-state index in [1.165, 1.54) is 7.11 Å². The van der Waals surface area contributed by atoms with Crippen molar-refractivity contribution in [2.75, 3.05) is 34.0 Å². The van der Waals surface area contributed by atoms with E-state index in [1.807, 2.05) is 0 Å². The minimum Gasteiger partial charge on any atom is -0.383 e. The zero-order valence-corrected chi connectivity index (χ0v) is 8.42. The average molecular weight is 190 g/mol. The third-order valence-electron chi connectivity index (χ3n) is 1.80. The lowest BCUT2D eigenvalue weighted by atomic mass is 10.0. The highest BCUT2D eigenvalue weighted by Crippen LogP contribution is 2.02. The fraction of sp³-hybridized carbons (Fsp3) is 0.875. The highest BCUT2D eigenvalue weighted by Gasteiger charge is 2.29. The number of primary amides is 1. The lowest BCUT2D eigenvalue weighted by Gasteiger charge is -2.26. The van der Waals surface area contributed by atoms with Gasteiger partial charge in [0.15, 0.2) is 0 Å². The number of carbonyl (C=O) groups excluding carboxylic acids is 1. The van der Waals surface area contributed by atoms with E-state index in [0.29, 0.717) is 13.2 Å². The summed E-state index contributed by atoms with van der Waals surface area (Å²) in [5.74, 6) is -0.426. The number of nitrogens with two attached hydrogens (primary N) is 1. The predicted octanol–water partition coefficient (Wildman–Crippen LogP) is -0.887. The Bertz CT molecular complexity index is 163. The van der Waals surface area contributed by atoms with E-state index in [1.54, 1.807) is 14.0 Å². The van der Waals surface area contributed by atoms with Crippen LogP contribution in [0.2, 0.25) is 0 Å². The van der Waals surface area contributed by atoms with Gasteiger partial charge in [-0.05, 0) is 6.92 Å². The van der Waals surface area contributed by atoms with E-state index < -0.39 is 11.4 Å². The Morgan fingerprint density at radius 2 is 2.08 bits per heavy atom. The molecule has 78 valence electrons. The molecule has 5 heteroatoms. The van der Waals surface area contributed by atoms with Crippen LogP contribution in [0.3, 0.4) is 0 Å². The normalized spacial score (nSPS) is 15.3. The van der Waals surface area contributed by atoms with Crippen LogP contribution in [0.15, 0.2) is 0 Å². The van der Waals surface area contributed by atoms with Crippen molar-refractivity contribution in [3.05, 3.63) is 0 Å². The van der Waals surface area contributed by atoms with Crippen molar-refractivity contribution in [3.63, 3.8) is 0 Å².